The molecule has 0 amide bonds. The van der Waals surface area contributed by atoms with Gasteiger partial charge in [-0.25, -0.2) is 14.8 Å². The molecule has 0 bridgehead atoms. The molecule has 0 aromatic carbocycles. The molecular formula is C13H11N3O2S. The van der Waals surface area contributed by atoms with Crippen molar-refractivity contribution in [1.82, 2.24) is 15.0 Å². The maximum absolute atomic E-state index is 11.2. The molecule has 0 aliphatic rings. The van der Waals surface area contributed by atoms with Crippen molar-refractivity contribution in [3.8, 4) is 10.7 Å². The second-order valence-electron chi connectivity index (χ2n) is 4.08. The SMILES string of the molecule is CCc1ccsc1-c1nc2nccc(C(=O)O)c2[nH]1. The Morgan fingerprint density at radius 2 is 2.32 bits per heavy atom. The van der Waals surface area contributed by atoms with Gasteiger partial charge in [0.25, 0.3) is 0 Å². The summed E-state index contributed by atoms with van der Waals surface area (Å²) in [7, 11) is 0. The Kier molecular flexibility index (Phi) is 2.79. The minimum atomic E-state index is -0.982. The number of carboxylic acids is 1. The standard InChI is InChI=1S/C13H11N3O2S/c1-2-7-4-6-19-10(7)12-15-9-8(13(17)18)3-5-14-11(9)16-12/h3-6H,2H2,1H3,(H,17,18)(H,14,15,16). The van der Waals surface area contributed by atoms with E-state index in [9.17, 15) is 4.79 Å². The van der Waals surface area contributed by atoms with Crippen molar-refractivity contribution in [3.63, 3.8) is 0 Å². The minimum Gasteiger partial charge on any atom is -0.478 e. The number of carboxylic acid groups (broad SMARTS) is 1. The number of H-pyrrole nitrogens is 1. The van der Waals surface area contributed by atoms with Gasteiger partial charge < -0.3 is 10.1 Å². The van der Waals surface area contributed by atoms with E-state index in [1.807, 2.05) is 5.38 Å². The number of imidazole rings is 1. The van der Waals surface area contributed by atoms with Gasteiger partial charge in [0, 0.05) is 6.20 Å². The van der Waals surface area contributed by atoms with Crippen molar-refractivity contribution >= 4 is 28.5 Å². The maximum Gasteiger partial charge on any atom is 0.338 e. The number of nitrogens with zero attached hydrogens (tertiary/aromatic N) is 2. The normalized spacial score (nSPS) is 11.0. The Hall–Kier alpha value is -2.21. The number of thiophene rings is 1. The Morgan fingerprint density at radius 3 is 3.05 bits per heavy atom. The summed E-state index contributed by atoms with van der Waals surface area (Å²) in [5, 5.41) is 11.2. The molecule has 3 aromatic rings. The highest BCUT2D eigenvalue weighted by Crippen LogP contribution is 2.29. The van der Waals surface area contributed by atoms with Crippen LogP contribution in [0.2, 0.25) is 0 Å². The molecule has 5 nitrogen and oxygen atoms in total. The summed E-state index contributed by atoms with van der Waals surface area (Å²) >= 11 is 1.59. The molecule has 19 heavy (non-hydrogen) atoms. The second-order valence-corrected chi connectivity index (χ2v) is 4.99. The first-order valence-electron chi connectivity index (χ1n) is 5.85. The molecule has 3 aromatic heterocycles. The van der Waals surface area contributed by atoms with Gasteiger partial charge in [-0.2, -0.15) is 0 Å². The van der Waals surface area contributed by atoms with Gasteiger partial charge >= 0.3 is 5.97 Å². The molecule has 2 N–H and O–H groups in total. The number of pyridine rings is 1. The Balaban J connectivity index is 2.22. The summed E-state index contributed by atoms with van der Waals surface area (Å²) in [6.45, 7) is 2.08. The lowest BCUT2D eigenvalue weighted by Gasteiger charge is -1.96. The molecule has 0 atom stereocenters. The van der Waals surface area contributed by atoms with E-state index >= 15 is 0 Å². The smallest absolute Gasteiger partial charge is 0.338 e. The van der Waals surface area contributed by atoms with Crippen molar-refractivity contribution in [2.24, 2.45) is 0 Å². The third kappa shape index (κ3) is 1.90. The summed E-state index contributed by atoms with van der Waals surface area (Å²) in [5.74, 6) is -0.299. The highest BCUT2D eigenvalue weighted by Gasteiger charge is 2.15. The Labute approximate surface area is 113 Å². The monoisotopic (exact) mass is 273 g/mol. The van der Waals surface area contributed by atoms with Crippen LogP contribution >= 0.6 is 11.3 Å². The van der Waals surface area contributed by atoms with Gasteiger partial charge in [-0.1, -0.05) is 6.92 Å². The van der Waals surface area contributed by atoms with Crippen LogP contribution in [0.4, 0.5) is 0 Å². The van der Waals surface area contributed by atoms with E-state index in [0.717, 1.165) is 11.3 Å². The average Bonchev–Trinajstić information content (AvgIpc) is 3.03. The summed E-state index contributed by atoms with van der Waals surface area (Å²) in [4.78, 5) is 23.8. The molecule has 0 radical (unpaired) electrons. The molecule has 0 aliphatic carbocycles. The fourth-order valence-corrected chi connectivity index (χ4v) is 2.96. The zero-order chi connectivity index (χ0) is 13.4. The van der Waals surface area contributed by atoms with Crippen LogP contribution in [0.25, 0.3) is 21.9 Å². The number of fused-ring (bicyclic) bond motifs is 1. The van der Waals surface area contributed by atoms with Crippen LogP contribution in [-0.2, 0) is 6.42 Å². The lowest BCUT2D eigenvalue weighted by Crippen LogP contribution is -1.97. The average molecular weight is 273 g/mol. The van der Waals surface area contributed by atoms with Gasteiger partial charge in [0.15, 0.2) is 11.5 Å². The third-order valence-electron chi connectivity index (χ3n) is 2.97. The predicted molar refractivity (Wildman–Crippen MR) is 73.5 cm³/mol. The molecule has 0 unspecified atom stereocenters. The number of carbonyl (C=O) groups is 1. The topological polar surface area (TPSA) is 78.9 Å². The largest absolute Gasteiger partial charge is 0.478 e. The van der Waals surface area contributed by atoms with E-state index < -0.39 is 5.97 Å². The first-order valence-corrected chi connectivity index (χ1v) is 6.73. The van der Waals surface area contributed by atoms with E-state index in [0.29, 0.717) is 17.0 Å². The summed E-state index contributed by atoms with van der Waals surface area (Å²) in [5.41, 5.74) is 2.30. The van der Waals surface area contributed by atoms with E-state index in [1.54, 1.807) is 11.3 Å². The molecule has 6 heteroatoms. The van der Waals surface area contributed by atoms with Crippen molar-refractivity contribution in [1.29, 1.82) is 0 Å². The lowest BCUT2D eigenvalue weighted by molar-refractivity contribution is 0.0699. The minimum absolute atomic E-state index is 0.193. The van der Waals surface area contributed by atoms with Crippen molar-refractivity contribution in [3.05, 3.63) is 34.8 Å². The van der Waals surface area contributed by atoms with Crippen LogP contribution in [0.15, 0.2) is 23.7 Å². The molecular weight excluding hydrogens is 262 g/mol. The van der Waals surface area contributed by atoms with E-state index in [2.05, 4.69) is 27.9 Å². The first kappa shape index (κ1) is 11.9. The molecule has 3 heterocycles. The zero-order valence-corrected chi connectivity index (χ0v) is 11.0. The van der Waals surface area contributed by atoms with E-state index in [4.69, 9.17) is 5.11 Å². The van der Waals surface area contributed by atoms with E-state index in [1.165, 1.54) is 17.8 Å². The van der Waals surface area contributed by atoms with Crippen molar-refractivity contribution < 1.29 is 9.90 Å². The molecule has 96 valence electrons. The van der Waals surface area contributed by atoms with Gasteiger partial charge in [-0.05, 0) is 29.5 Å². The highest BCUT2D eigenvalue weighted by atomic mass is 32.1. The van der Waals surface area contributed by atoms with Crippen LogP contribution in [0.5, 0.6) is 0 Å². The predicted octanol–water partition coefficient (Wildman–Crippen LogP) is 2.95. The number of nitrogens with one attached hydrogen (secondary N) is 1. The molecule has 0 spiro atoms. The number of hydrogen-bond donors (Lipinski definition) is 2. The highest BCUT2D eigenvalue weighted by molar-refractivity contribution is 7.13. The maximum atomic E-state index is 11.2. The number of rotatable bonds is 3. The molecule has 0 aliphatic heterocycles. The molecule has 3 rings (SSSR count). The van der Waals surface area contributed by atoms with Crippen LogP contribution in [0.1, 0.15) is 22.8 Å². The molecule has 0 saturated heterocycles. The first-order chi connectivity index (χ1) is 9.20. The third-order valence-corrected chi connectivity index (χ3v) is 3.93. The molecule has 0 saturated carbocycles. The summed E-state index contributed by atoms with van der Waals surface area (Å²) < 4.78 is 0. The second kappa shape index (κ2) is 4.47. The van der Waals surface area contributed by atoms with Gasteiger partial charge in [-0.3, -0.25) is 0 Å². The van der Waals surface area contributed by atoms with Gasteiger partial charge in [0.1, 0.15) is 0 Å². The van der Waals surface area contributed by atoms with Gasteiger partial charge in [0.05, 0.1) is 16.0 Å². The fraction of sp³-hybridized carbons (Fsp3) is 0.154. The van der Waals surface area contributed by atoms with Crippen molar-refractivity contribution in [2.45, 2.75) is 13.3 Å². The van der Waals surface area contributed by atoms with E-state index in [-0.39, 0.29) is 5.56 Å². The Bertz CT molecular complexity index is 760. The summed E-state index contributed by atoms with van der Waals surface area (Å²) in [6.07, 6.45) is 2.38. The number of hydrogen-bond acceptors (Lipinski definition) is 4. The van der Waals surface area contributed by atoms with Crippen LogP contribution < -0.4 is 0 Å². The van der Waals surface area contributed by atoms with Crippen LogP contribution in [0, 0.1) is 0 Å². The number of aromatic amines is 1. The summed E-state index contributed by atoms with van der Waals surface area (Å²) in [6, 6.07) is 3.53. The molecule has 0 fully saturated rings. The number of aryl methyl sites for hydroxylation is 1. The fourth-order valence-electron chi connectivity index (χ4n) is 2.02. The quantitative estimate of drug-likeness (QED) is 0.769. The Morgan fingerprint density at radius 1 is 1.47 bits per heavy atom. The van der Waals surface area contributed by atoms with Gasteiger partial charge in [0.2, 0.25) is 0 Å². The van der Waals surface area contributed by atoms with Crippen LogP contribution in [-0.4, -0.2) is 26.0 Å². The van der Waals surface area contributed by atoms with Crippen LogP contribution in [0.3, 0.4) is 0 Å². The lowest BCUT2D eigenvalue weighted by atomic mass is 10.2. The number of aromatic nitrogens is 3. The zero-order valence-electron chi connectivity index (χ0n) is 10.2. The van der Waals surface area contributed by atoms with Gasteiger partial charge in [-0.15, -0.1) is 11.3 Å². The number of aromatic carboxylic acids is 1. The van der Waals surface area contributed by atoms with Crippen molar-refractivity contribution in [2.75, 3.05) is 0 Å².